The lowest BCUT2D eigenvalue weighted by atomic mass is 10.0. The van der Waals surface area contributed by atoms with Gasteiger partial charge in [-0.1, -0.05) is 43.2 Å². The van der Waals surface area contributed by atoms with Gasteiger partial charge in [0, 0.05) is 24.4 Å². The summed E-state index contributed by atoms with van der Waals surface area (Å²) < 4.78 is 27.6. The van der Waals surface area contributed by atoms with Crippen LogP contribution in [0.1, 0.15) is 43.7 Å². The number of amides is 1. The molecule has 1 aliphatic heterocycles. The van der Waals surface area contributed by atoms with Crippen LogP contribution in [-0.4, -0.2) is 31.2 Å². The molecule has 0 radical (unpaired) electrons. The van der Waals surface area contributed by atoms with Gasteiger partial charge in [0.2, 0.25) is 15.9 Å². The fourth-order valence-corrected chi connectivity index (χ4v) is 5.34. The fraction of sp³-hybridized carbons (Fsp3) is 0.348. The van der Waals surface area contributed by atoms with Crippen molar-refractivity contribution in [3.05, 3.63) is 65.7 Å². The van der Waals surface area contributed by atoms with Gasteiger partial charge in [-0.05, 0) is 62.1 Å². The highest BCUT2D eigenvalue weighted by Gasteiger charge is 2.32. The Hall–Kier alpha value is -2.44. The molecule has 1 saturated heterocycles. The summed E-state index contributed by atoms with van der Waals surface area (Å²) in [5.74, 6) is -0.261. The lowest BCUT2D eigenvalue weighted by Gasteiger charge is -2.34. The third-order valence-corrected chi connectivity index (χ3v) is 7.24. The number of rotatable bonds is 6. The quantitative estimate of drug-likeness (QED) is 0.705. The largest absolute Gasteiger partial charge is 0.323 e. The molecule has 0 saturated carbocycles. The minimum atomic E-state index is -3.51. The number of hydrogen-bond donors (Lipinski definition) is 1. The molecule has 0 aromatic heterocycles. The molecule has 6 heteroatoms. The maximum atomic E-state index is 13.0. The van der Waals surface area contributed by atoms with Crippen molar-refractivity contribution in [2.24, 2.45) is 0 Å². The Kier molecular flexibility index (Phi) is 6.87. The second kappa shape index (κ2) is 9.37. The maximum Gasteiger partial charge on any atom is 0.248 e. The highest BCUT2D eigenvalue weighted by molar-refractivity contribution is 7.89. The van der Waals surface area contributed by atoms with Gasteiger partial charge in [0.1, 0.15) is 0 Å². The summed E-state index contributed by atoms with van der Waals surface area (Å²) in [6, 6.07) is 14.3. The molecule has 0 aliphatic carbocycles. The molecular formula is C23H28N2O3S. The second-order valence-electron chi connectivity index (χ2n) is 7.43. The zero-order valence-electron chi connectivity index (χ0n) is 17.0. The number of nitrogens with zero attached hydrogens (tertiary/aromatic N) is 1. The Morgan fingerprint density at radius 2 is 1.79 bits per heavy atom. The van der Waals surface area contributed by atoms with Gasteiger partial charge in [-0.15, -0.1) is 0 Å². The highest BCUT2D eigenvalue weighted by Crippen LogP contribution is 2.27. The number of carbonyl (C=O) groups is 1. The number of piperidine rings is 1. The molecule has 29 heavy (non-hydrogen) atoms. The molecule has 1 heterocycles. The lowest BCUT2D eigenvalue weighted by Crippen LogP contribution is -2.43. The summed E-state index contributed by atoms with van der Waals surface area (Å²) in [5.41, 5.74) is 2.67. The number of carbonyl (C=O) groups excluding carboxylic acids is 1. The first kappa shape index (κ1) is 21.3. The first-order valence-electron chi connectivity index (χ1n) is 10.1. The van der Waals surface area contributed by atoms with Crippen LogP contribution in [0.4, 0.5) is 5.69 Å². The Balaban J connectivity index is 1.66. The number of aryl methyl sites for hydroxylation is 1. The van der Waals surface area contributed by atoms with Gasteiger partial charge < -0.3 is 5.32 Å². The number of benzene rings is 2. The van der Waals surface area contributed by atoms with E-state index in [0.717, 1.165) is 36.8 Å². The first-order valence-corrected chi connectivity index (χ1v) is 11.5. The van der Waals surface area contributed by atoms with E-state index in [0.29, 0.717) is 12.2 Å². The van der Waals surface area contributed by atoms with E-state index in [9.17, 15) is 13.2 Å². The van der Waals surface area contributed by atoms with Gasteiger partial charge in [-0.2, -0.15) is 4.31 Å². The highest BCUT2D eigenvalue weighted by atomic mass is 32.2. The average molecular weight is 413 g/mol. The molecule has 1 aliphatic rings. The molecule has 2 aromatic carbocycles. The summed E-state index contributed by atoms with van der Waals surface area (Å²) in [6.07, 6.45) is 6.92. The molecule has 5 nitrogen and oxygen atoms in total. The van der Waals surface area contributed by atoms with Crippen LogP contribution in [0.2, 0.25) is 0 Å². The smallest absolute Gasteiger partial charge is 0.248 e. The number of hydrogen-bond acceptors (Lipinski definition) is 3. The van der Waals surface area contributed by atoms with Crippen molar-refractivity contribution in [1.29, 1.82) is 0 Å². The Bertz CT molecular complexity index is 964. The fourth-order valence-electron chi connectivity index (χ4n) is 3.58. The summed E-state index contributed by atoms with van der Waals surface area (Å²) in [5, 5.41) is 2.77. The van der Waals surface area contributed by atoms with Crippen LogP contribution in [0.5, 0.6) is 0 Å². The van der Waals surface area contributed by atoms with Gasteiger partial charge in [0.15, 0.2) is 0 Å². The van der Waals surface area contributed by atoms with Crippen LogP contribution in [0.15, 0.2) is 59.5 Å². The van der Waals surface area contributed by atoms with Gasteiger partial charge in [0.25, 0.3) is 0 Å². The van der Waals surface area contributed by atoms with Crippen molar-refractivity contribution in [2.45, 2.75) is 50.5 Å². The van der Waals surface area contributed by atoms with Gasteiger partial charge in [-0.25, -0.2) is 8.42 Å². The molecule has 1 amide bonds. The van der Waals surface area contributed by atoms with E-state index in [4.69, 9.17) is 0 Å². The standard InChI is InChI=1S/C23H28N2O3S/c1-3-21-6-4-5-17-25(21)29(27,28)22-14-12-20(13-15-22)24-23(26)16-11-19-9-7-18(2)8-10-19/h7-16,21H,3-6,17H2,1-2H3,(H,24,26)/b16-11+/t21-/m0/s1. The minimum Gasteiger partial charge on any atom is -0.323 e. The summed E-state index contributed by atoms with van der Waals surface area (Å²) in [4.78, 5) is 12.4. The van der Waals surface area contributed by atoms with E-state index in [-0.39, 0.29) is 16.8 Å². The van der Waals surface area contributed by atoms with E-state index >= 15 is 0 Å². The van der Waals surface area contributed by atoms with E-state index in [2.05, 4.69) is 5.32 Å². The monoisotopic (exact) mass is 412 g/mol. The molecule has 1 N–H and O–H groups in total. The van der Waals surface area contributed by atoms with E-state index in [1.807, 2.05) is 38.1 Å². The molecule has 0 unspecified atom stereocenters. The van der Waals surface area contributed by atoms with Crippen molar-refractivity contribution in [3.63, 3.8) is 0 Å². The van der Waals surface area contributed by atoms with Crippen molar-refractivity contribution in [1.82, 2.24) is 4.31 Å². The molecule has 154 valence electrons. The minimum absolute atomic E-state index is 0.0695. The Labute approximate surface area is 173 Å². The predicted molar refractivity (Wildman–Crippen MR) is 117 cm³/mol. The van der Waals surface area contributed by atoms with E-state index < -0.39 is 10.0 Å². The number of anilines is 1. The van der Waals surface area contributed by atoms with Gasteiger partial charge >= 0.3 is 0 Å². The third kappa shape index (κ3) is 5.34. The zero-order chi connectivity index (χ0) is 20.9. The maximum absolute atomic E-state index is 13.0. The second-order valence-corrected chi connectivity index (χ2v) is 9.32. The van der Waals surface area contributed by atoms with E-state index in [1.54, 1.807) is 34.6 Å². The summed E-state index contributed by atoms with van der Waals surface area (Å²) in [7, 11) is -3.51. The van der Waals surface area contributed by atoms with Gasteiger partial charge in [0.05, 0.1) is 4.90 Å². The van der Waals surface area contributed by atoms with Crippen LogP contribution < -0.4 is 5.32 Å². The van der Waals surface area contributed by atoms with Crippen molar-refractivity contribution in [3.8, 4) is 0 Å². The predicted octanol–water partition coefficient (Wildman–Crippen LogP) is 4.60. The molecule has 0 bridgehead atoms. The van der Waals surface area contributed by atoms with Gasteiger partial charge in [-0.3, -0.25) is 4.79 Å². The molecular weight excluding hydrogens is 384 g/mol. The van der Waals surface area contributed by atoms with Crippen LogP contribution in [-0.2, 0) is 14.8 Å². The molecule has 0 spiro atoms. The number of sulfonamides is 1. The topological polar surface area (TPSA) is 66.5 Å². The van der Waals surface area contributed by atoms with Crippen molar-refractivity contribution < 1.29 is 13.2 Å². The SMILES string of the molecule is CC[C@H]1CCCCN1S(=O)(=O)c1ccc(NC(=O)/C=C/c2ccc(C)cc2)cc1. The number of nitrogens with one attached hydrogen (secondary N) is 1. The van der Waals surface area contributed by atoms with Crippen molar-refractivity contribution >= 4 is 27.7 Å². The van der Waals surface area contributed by atoms with Crippen molar-refractivity contribution in [2.75, 3.05) is 11.9 Å². The normalized spacial score (nSPS) is 18.1. The lowest BCUT2D eigenvalue weighted by molar-refractivity contribution is -0.111. The van der Waals surface area contributed by atoms with Crippen LogP contribution >= 0.6 is 0 Å². The summed E-state index contributed by atoms with van der Waals surface area (Å²) in [6.45, 7) is 4.61. The molecule has 1 atom stereocenters. The van der Waals surface area contributed by atoms with E-state index in [1.165, 1.54) is 6.08 Å². The molecule has 3 rings (SSSR count). The van der Waals surface area contributed by atoms with Crippen LogP contribution in [0.3, 0.4) is 0 Å². The summed E-state index contributed by atoms with van der Waals surface area (Å²) >= 11 is 0. The first-order chi connectivity index (χ1) is 13.9. The molecule has 2 aromatic rings. The Morgan fingerprint density at radius 1 is 1.10 bits per heavy atom. The zero-order valence-corrected chi connectivity index (χ0v) is 17.8. The third-order valence-electron chi connectivity index (χ3n) is 5.28. The van der Waals surface area contributed by atoms with Crippen LogP contribution in [0, 0.1) is 6.92 Å². The van der Waals surface area contributed by atoms with Crippen LogP contribution in [0.25, 0.3) is 6.08 Å². The molecule has 1 fully saturated rings. The Morgan fingerprint density at radius 3 is 2.45 bits per heavy atom. The average Bonchev–Trinajstić information content (AvgIpc) is 2.73.